The molecule has 1 saturated carbocycles. The highest BCUT2D eigenvalue weighted by Crippen LogP contribution is 2.22. The standard InChI is InChI=1S/C7H12ClNO3S/c8-7(10)9-13(11,12)6-4-2-1-3-5-6/h6H,1-5H2,(H,9,10). The van der Waals surface area contributed by atoms with Gasteiger partial charge in [-0.25, -0.2) is 13.1 Å². The van der Waals surface area contributed by atoms with Gasteiger partial charge in [0.2, 0.25) is 10.0 Å². The first kappa shape index (κ1) is 10.8. The van der Waals surface area contributed by atoms with Gasteiger partial charge in [-0.1, -0.05) is 19.3 Å². The van der Waals surface area contributed by atoms with E-state index >= 15 is 0 Å². The van der Waals surface area contributed by atoms with Crippen LogP contribution >= 0.6 is 11.6 Å². The molecule has 0 aromatic heterocycles. The van der Waals surface area contributed by atoms with Crippen LogP contribution in [0.15, 0.2) is 0 Å². The molecule has 1 amide bonds. The lowest BCUT2D eigenvalue weighted by molar-refractivity contribution is 0.263. The van der Waals surface area contributed by atoms with Crippen molar-refractivity contribution in [3.05, 3.63) is 0 Å². The second-order valence-electron chi connectivity index (χ2n) is 3.18. The topological polar surface area (TPSA) is 63.2 Å². The van der Waals surface area contributed by atoms with E-state index < -0.39 is 20.6 Å². The molecule has 0 aromatic carbocycles. The van der Waals surface area contributed by atoms with Gasteiger partial charge in [0.1, 0.15) is 0 Å². The fourth-order valence-electron chi connectivity index (χ4n) is 1.57. The predicted molar refractivity (Wildman–Crippen MR) is 50.2 cm³/mol. The number of amides is 1. The largest absolute Gasteiger partial charge is 0.327 e. The number of hydrogen-bond donors (Lipinski definition) is 1. The third kappa shape index (κ3) is 3.15. The monoisotopic (exact) mass is 225 g/mol. The Balaban J connectivity index is 2.62. The highest BCUT2D eigenvalue weighted by Gasteiger charge is 2.27. The van der Waals surface area contributed by atoms with Gasteiger partial charge in [0, 0.05) is 0 Å². The summed E-state index contributed by atoms with van der Waals surface area (Å²) in [6.45, 7) is 0. The zero-order chi connectivity index (χ0) is 9.90. The Hall–Kier alpha value is -0.290. The van der Waals surface area contributed by atoms with Crippen molar-refractivity contribution in [2.24, 2.45) is 0 Å². The van der Waals surface area contributed by atoms with Crippen molar-refractivity contribution in [2.75, 3.05) is 0 Å². The van der Waals surface area contributed by atoms with Gasteiger partial charge in [0.05, 0.1) is 5.25 Å². The maximum atomic E-state index is 11.4. The van der Waals surface area contributed by atoms with Crippen LogP contribution in [0.5, 0.6) is 0 Å². The second kappa shape index (κ2) is 4.28. The number of carbonyl (C=O) groups is 1. The molecule has 0 radical (unpaired) electrons. The van der Waals surface area contributed by atoms with Crippen LogP contribution in [0, 0.1) is 0 Å². The molecule has 0 heterocycles. The summed E-state index contributed by atoms with van der Waals surface area (Å²) in [4.78, 5) is 10.4. The molecule has 6 heteroatoms. The quantitative estimate of drug-likeness (QED) is 0.574. The summed E-state index contributed by atoms with van der Waals surface area (Å²) in [5, 5.41) is -1.46. The van der Waals surface area contributed by atoms with Crippen molar-refractivity contribution in [1.82, 2.24) is 4.72 Å². The maximum absolute atomic E-state index is 11.4. The summed E-state index contributed by atoms with van der Waals surface area (Å²) < 4.78 is 24.5. The summed E-state index contributed by atoms with van der Waals surface area (Å²) in [6.07, 6.45) is 4.13. The molecule has 0 bridgehead atoms. The number of nitrogens with one attached hydrogen (secondary N) is 1. The predicted octanol–water partition coefficient (Wildman–Crippen LogP) is 1.60. The second-order valence-corrected chi connectivity index (χ2v) is 5.48. The molecule has 13 heavy (non-hydrogen) atoms. The number of halogens is 1. The fourth-order valence-corrected chi connectivity index (χ4v) is 3.24. The van der Waals surface area contributed by atoms with E-state index in [1.54, 1.807) is 4.72 Å². The first-order valence-corrected chi connectivity index (χ1v) is 6.16. The molecule has 0 aromatic rings. The van der Waals surface area contributed by atoms with Crippen LogP contribution in [0.25, 0.3) is 0 Å². The molecule has 1 aliphatic carbocycles. The molecule has 4 nitrogen and oxygen atoms in total. The van der Waals surface area contributed by atoms with E-state index in [4.69, 9.17) is 11.6 Å². The van der Waals surface area contributed by atoms with Gasteiger partial charge in [-0.05, 0) is 24.4 Å². The third-order valence-corrected chi connectivity index (χ3v) is 4.24. The van der Waals surface area contributed by atoms with Crippen LogP contribution in [0.3, 0.4) is 0 Å². The van der Waals surface area contributed by atoms with E-state index in [-0.39, 0.29) is 0 Å². The van der Waals surface area contributed by atoms with Crippen LogP contribution < -0.4 is 4.72 Å². The van der Waals surface area contributed by atoms with Gasteiger partial charge in [-0.2, -0.15) is 0 Å². The molecule has 1 rings (SSSR count). The zero-order valence-corrected chi connectivity index (χ0v) is 8.70. The summed E-state index contributed by atoms with van der Waals surface area (Å²) in [6, 6.07) is 0. The van der Waals surface area contributed by atoms with Crippen LogP contribution in [0.2, 0.25) is 0 Å². The van der Waals surface area contributed by atoms with E-state index in [0.29, 0.717) is 12.8 Å². The number of rotatable bonds is 2. The lowest BCUT2D eigenvalue weighted by Crippen LogP contribution is -2.36. The van der Waals surface area contributed by atoms with Crippen molar-refractivity contribution in [3.63, 3.8) is 0 Å². The average Bonchev–Trinajstić information content (AvgIpc) is 2.04. The number of hydrogen-bond acceptors (Lipinski definition) is 3. The molecular formula is C7H12ClNO3S. The molecule has 76 valence electrons. The van der Waals surface area contributed by atoms with Gasteiger partial charge in [0.25, 0.3) is 0 Å². The Morgan fingerprint density at radius 3 is 2.23 bits per heavy atom. The summed E-state index contributed by atoms with van der Waals surface area (Å²) in [7, 11) is -3.51. The highest BCUT2D eigenvalue weighted by molar-refractivity contribution is 7.90. The smallest absolute Gasteiger partial charge is 0.255 e. The van der Waals surface area contributed by atoms with Crippen molar-refractivity contribution in [1.29, 1.82) is 0 Å². The van der Waals surface area contributed by atoms with E-state index in [1.165, 1.54) is 0 Å². The van der Waals surface area contributed by atoms with Crippen molar-refractivity contribution >= 4 is 27.0 Å². The van der Waals surface area contributed by atoms with E-state index in [0.717, 1.165) is 19.3 Å². The van der Waals surface area contributed by atoms with Gasteiger partial charge in [-0.15, -0.1) is 0 Å². The maximum Gasteiger partial charge on any atom is 0.327 e. The van der Waals surface area contributed by atoms with Crippen molar-refractivity contribution < 1.29 is 13.2 Å². The molecular weight excluding hydrogens is 214 g/mol. The third-order valence-electron chi connectivity index (χ3n) is 2.21. The summed E-state index contributed by atoms with van der Waals surface area (Å²) >= 11 is 4.95. The normalized spacial score (nSPS) is 19.8. The van der Waals surface area contributed by atoms with Gasteiger partial charge in [0.15, 0.2) is 0 Å². The Bertz CT molecular complexity index is 282. The van der Waals surface area contributed by atoms with Crippen LogP contribution in [0.1, 0.15) is 32.1 Å². The zero-order valence-electron chi connectivity index (χ0n) is 7.12. The Morgan fingerprint density at radius 1 is 1.23 bits per heavy atom. The molecule has 0 atom stereocenters. The lowest BCUT2D eigenvalue weighted by Gasteiger charge is -2.20. The Kier molecular flexibility index (Phi) is 3.55. The molecule has 1 fully saturated rings. The van der Waals surface area contributed by atoms with Gasteiger partial charge < -0.3 is 0 Å². The average molecular weight is 226 g/mol. The van der Waals surface area contributed by atoms with Crippen molar-refractivity contribution in [3.8, 4) is 0 Å². The first-order chi connectivity index (χ1) is 6.02. The van der Waals surface area contributed by atoms with Gasteiger partial charge >= 0.3 is 5.37 Å². The van der Waals surface area contributed by atoms with Crippen molar-refractivity contribution in [2.45, 2.75) is 37.4 Å². The highest BCUT2D eigenvalue weighted by atomic mass is 35.5. The number of carbonyl (C=O) groups excluding carboxylic acids is 1. The molecule has 0 spiro atoms. The van der Waals surface area contributed by atoms with E-state index in [9.17, 15) is 13.2 Å². The molecule has 0 saturated heterocycles. The molecule has 0 aliphatic heterocycles. The Labute approximate surface area is 82.7 Å². The molecule has 1 N–H and O–H groups in total. The minimum Gasteiger partial charge on any atom is -0.255 e. The Morgan fingerprint density at radius 2 is 1.77 bits per heavy atom. The molecule has 0 unspecified atom stereocenters. The van der Waals surface area contributed by atoms with Gasteiger partial charge in [-0.3, -0.25) is 4.79 Å². The van der Waals surface area contributed by atoms with Crippen LogP contribution in [-0.2, 0) is 10.0 Å². The summed E-state index contributed by atoms with van der Waals surface area (Å²) in [5.74, 6) is 0. The molecule has 1 aliphatic rings. The van der Waals surface area contributed by atoms with E-state index in [1.807, 2.05) is 0 Å². The SMILES string of the molecule is O=C(Cl)NS(=O)(=O)C1CCCCC1. The minimum absolute atomic E-state index is 0.441. The van der Waals surface area contributed by atoms with Crippen LogP contribution in [-0.4, -0.2) is 19.0 Å². The first-order valence-electron chi connectivity index (χ1n) is 4.23. The van der Waals surface area contributed by atoms with Crippen LogP contribution in [0.4, 0.5) is 4.79 Å². The number of sulfonamides is 1. The summed E-state index contributed by atoms with van der Waals surface area (Å²) in [5.41, 5.74) is 0. The fraction of sp³-hybridized carbons (Fsp3) is 0.857. The lowest BCUT2D eigenvalue weighted by atomic mass is 10.0. The minimum atomic E-state index is -3.51. The van der Waals surface area contributed by atoms with E-state index in [2.05, 4.69) is 0 Å².